The van der Waals surface area contributed by atoms with E-state index < -0.39 is 0 Å². The van der Waals surface area contributed by atoms with Gasteiger partial charge >= 0.3 is 0 Å². The first-order valence-corrected chi connectivity index (χ1v) is 8.19. The van der Waals surface area contributed by atoms with Crippen molar-refractivity contribution in [3.63, 3.8) is 0 Å². The molecule has 5 nitrogen and oxygen atoms in total. The third-order valence-corrected chi connectivity index (χ3v) is 4.05. The highest BCUT2D eigenvalue weighted by atomic mass is 35.5. The average Bonchev–Trinajstić information content (AvgIpc) is 2.61. The molecule has 0 spiro atoms. The number of benzene rings is 2. The third kappa shape index (κ3) is 4.26. The third-order valence-electron chi connectivity index (χ3n) is 3.48. The molecule has 2 aromatic carbocycles. The van der Waals surface area contributed by atoms with E-state index >= 15 is 0 Å². The molecule has 0 unspecified atom stereocenters. The van der Waals surface area contributed by atoms with Crippen molar-refractivity contribution in [3.05, 3.63) is 76.0 Å². The second kappa shape index (κ2) is 7.51. The number of carbonyl (C=O) groups is 1. The lowest BCUT2D eigenvalue weighted by atomic mass is 10.2. The van der Waals surface area contributed by atoms with Gasteiger partial charge in [0, 0.05) is 23.1 Å². The van der Waals surface area contributed by atoms with Gasteiger partial charge in [0.05, 0.1) is 16.3 Å². The number of nitrogens with zero attached hydrogens (tertiary/aromatic N) is 2. The van der Waals surface area contributed by atoms with Crippen molar-refractivity contribution >= 4 is 46.4 Å². The molecule has 0 aliphatic heterocycles. The van der Waals surface area contributed by atoms with Crippen LogP contribution in [0.3, 0.4) is 0 Å². The number of aromatic nitrogens is 2. The fraction of sp³-hybridized carbons (Fsp3) is 0.0556. The van der Waals surface area contributed by atoms with Crippen molar-refractivity contribution in [2.75, 3.05) is 10.6 Å². The predicted molar refractivity (Wildman–Crippen MR) is 101 cm³/mol. The summed E-state index contributed by atoms with van der Waals surface area (Å²) in [5.41, 5.74) is 2.67. The fourth-order valence-corrected chi connectivity index (χ4v) is 2.47. The first-order chi connectivity index (χ1) is 12.0. The van der Waals surface area contributed by atoms with Crippen molar-refractivity contribution in [2.45, 2.75) is 6.92 Å². The smallest absolute Gasteiger partial charge is 0.258 e. The largest absolute Gasteiger partial charge is 0.324 e. The molecule has 0 saturated heterocycles. The van der Waals surface area contributed by atoms with Gasteiger partial charge in [0.2, 0.25) is 5.95 Å². The fourth-order valence-electron chi connectivity index (χ4n) is 2.12. The van der Waals surface area contributed by atoms with E-state index in [1.807, 2.05) is 19.1 Å². The number of anilines is 3. The molecular formula is C18H14Cl2N4O. The van der Waals surface area contributed by atoms with E-state index in [4.69, 9.17) is 23.2 Å². The quantitative estimate of drug-likeness (QED) is 0.669. The van der Waals surface area contributed by atoms with E-state index in [-0.39, 0.29) is 5.91 Å². The SMILES string of the molecule is Cc1ccc(Cl)cc1Nc1ncc(C(=O)Nc2ccccc2Cl)cn1. The van der Waals surface area contributed by atoms with E-state index in [1.54, 1.807) is 30.3 Å². The molecule has 0 fully saturated rings. The van der Waals surface area contributed by atoms with Gasteiger partial charge in [0.25, 0.3) is 5.91 Å². The zero-order valence-electron chi connectivity index (χ0n) is 13.3. The Bertz CT molecular complexity index is 913. The van der Waals surface area contributed by atoms with E-state index in [0.717, 1.165) is 11.3 Å². The minimum atomic E-state index is -0.335. The van der Waals surface area contributed by atoms with Crippen LogP contribution >= 0.6 is 23.2 Å². The van der Waals surface area contributed by atoms with E-state index in [1.165, 1.54) is 12.4 Å². The van der Waals surface area contributed by atoms with Crippen LogP contribution in [0.2, 0.25) is 10.0 Å². The molecule has 3 rings (SSSR count). The Kier molecular flexibility index (Phi) is 5.16. The van der Waals surface area contributed by atoms with Gasteiger partial charge in [-0.2, -0.15) is 0 Å². The summed E-state index contributed by atoms with van der Waals surface area (Å²) in [6.07, 6.45) is 2.89. The number of rotatable bonds is 4. The van der Waals surface area contributed by atoms with Gasteiger partial charge in [0.1, 0.15) is 0 Å². The summed E-state index contributed by atoms with van der Waals surface area (Å²) in [5, 5.41) is 6.88. The number of hydrogen-bond acceptors (Lipinski definition) is 4. The molecule has 0 bridgehead atoms. The number of para-hydroxylation sites is 1. The van der Waals surface area contributed by atoms with Gasteiger partial charge in [-0.25, -0.2) is 9.97 Å². The number of halogens is 2. The Balaban J connectivity index is 1.72. The van der Waals surface area contributed by atoms with Gasteiger partial charge in [-0.15, -0.1) is 0 Å². The van der Waals surface area contributed by atoms with Crippen LogP contribution in [0.15, 0.2) is 54.9 Å². The Morgan fingerprint density at radius 1 is 1.00 bits per heavy atom. The van der Waals surface area contributed by atoms with Crippen molar-refractivity contribution in [1.29, 1.82) is 0 Å². The summed E-state index contributed by atoms with van der Waals surface area (Å²) < 4.78 is 0. The van der Waals surface area contributed by atoms with Crippen LogP contribution in [-0.2, 0) is 0 Å². The minimum Gasteiger partial charge on any atom is -0.324 e. The normalized spacial score (nSPS) is 10.4. The lowest BCUT2D eigenvalue weighted by Gasteiger charge is -2.09. The Labute approximate surface area is 155 Å². The van der Waals surface area contributed by atoms with Crippen LogP contribution in [0.4, 0.5) is 17.3 Å². The highest BCUT2D eigenvalue weighted by molar-refractivity contribution is 6.33. The number of amides is 1. The van der Waals surface area contributed by atoms with Crippen LogP contribution in [-0.4, -0.2) is 15.9 Å². The number of carbonyl (C=O) groups excluding carboxylic acids is 1. The van der Waals surface area contributed by atoms with E-state index in [0.29, 0.717) is 27.2 Å². The molecule has 25 heavy (non-hydrogen) atoms. The minimum absolute atomic E-state index is 0.327. The molecule has 3 aromatic rings. The molecule has 0 saturated carbocycles. The maximum atomic E-state index is 12.2. The number of aryl methyl sites for hydroxylation is 1. The van der Waals surface area contributed by atoms with Crippen molar-refractivity contribution in [1.82, 2.24) is 9.97 Å². The molecule has 2 N–H and O–H groups in total. The highest BCUT2D eigenvalue weighted by Gasteiger charge is 2.10. The molecule has 7 heteroatoms. The summed E-state index contributed by atoms with van der Waals surface area (Å²) >= 11 is 12.0. The van der Waals surface area contributed by atoms with E-state index in [2.05, 4.69) is 20.6 Å². The average molecular weight is 373 g/mol. The maximum absolute atomic E-state index is 12.2. The Hall–Kier alpha value is -2.63. The van der Waals surface area contributed by atoms with Crippen LogP contribution in [0, 0.1) is 6.92 Å². The van der Waals surface area contributed by atoms with Crippen molar-refractivity contribution in [3.8, 4) is 0 Å². The number of nitrogens with one attached hydrogen (secondary N) is 2. The van der Waals surface area contributed by atoms with Crippen molar-refractivity contribution < 1.29 is 4.79 Å². The van der Waals surface area contributed by atoms with Gasteiger partial charge < -0.3 is 10.6 Å². The molecule has 1 heterocycles. The van der Waals surface area contributed by atoms with Crippen LogP contribution in [0.25, 0.3) is 0 Å². The monoisotopic (exact) mass is 372 g/mol. The van der Waals surface area contributed by atoms with Gasteiger partial charge in [-0.1, -0.05) is 41.4 Å². The zero-order chi connectivity index (χ0) is 17.8. The lowest BCUT2D eigenvalue weighted by Crippen LogP contribution is -2.13. The molecule has 0 radical (unpaired) electrons. The summed E-state index contributed by atoms with van der Waals surface area (Å²) in [6, 6.07) is 12.5. The summed E-state index contributed by atoms with van der Waals surface area (Å²) in [6.45, 7) is 1.95. The van der Waals surface area contributed by atoms with E-state index in [9.17, 15) is 4.79 Å². The standard InChI is InChI=1S/C18H14Cl2N4O/c1-11-6-7-13(19)8-16(11)24-18-21-9-12(10-22-18)17(25)23-15-5-3-2-4-14(15)20/h2-10H,1H3,(H,23,25)(H,21,22,24). The first kappa shape index (κ1) is 17.2. The van der Waals surface area contributed by atoms with Crippen LogP contribution in [0.1, 0.15) is 15.9 Å². The molecular weight excluding hydrogens is 359 g/mol. The Morgan fingerprint density at radius 2 is 1.72 bits per heavy atom. The van der Waals surface area contributed by atoms with Gasteiger partial charge in [-0.3, -0.25) is 4.79 Å². The Morgan fingerprint density at radius 3 is 2.44 bits per heavy atom. The topological polar surface area (TPSA) is 66.9 Å². The van der Waals surface area contributed by atoms with Crippen molar-refractivity contribution in [2.24, 2.45) is 0 Å². The van der Waals surface area contributed by atoms with Gasteiger partial charge in [0.15, 0.2) is 0 Å². The predicted octanol–water partition coefficient (Wildman–Crippen LogP) is 5.09. The number of hydrogen-bond donors (Lipinski definition) is 2. The molecule has 1 aromatic heterocycles. The zero-order valence-corrected chi connectivity index (χ0v) is 14.8. The van der Waals surface area contributed by atoms with Crippen LogP contribution in [0.5, 0.6) is 0 Å². The molecule has 0 atom stereocenters. The molecule has 126 valence electrons. The molecule has 1 amide bonds. The first-order valence-electron chi connectivity index (χ1n) is 7.44. The lowest BCUT2D eigenvalue weighted by molar-refractivity contribution is 0.102. The summed E-state index contributed by atoms with van der Waals surface area (Å²) in [7, 11) is 0. The second-order valence-corrected chi connectivity index (χ2v) is 6.16. The highest BCUT2D eigenvalue weighted by Crippen LogP contribution is 2.23. The maximum Gasteiger partial charge on any atom is 0.258 e. The second-order valence-electron chi connectivity index (χ2n) is 5.31. The molecule has 0 aliphatic rings. The molecule has 0 aliphatic carbocycles. The summed E-state index contributed by atoms with van der Waals surface area (Å²) in [4.78, 5) is 20.6. The van der Waals surface area contributed by atoms with Gasteiger partial charge in [-0.05, 0) is 36.8 Å². The summed E-state index contributed by atoms with van der Waals surface area (Å²) in [5.74, 6) is 0.0400. The van der Waals surface area contributed by atoms with Crippen LogP contribution < -0.4 is 10.6 Å².